The van der Waals surface area contributed by atoms with Crippen molar-refractivity contribution in [2.75, 3.05) is 5.73 Å². The molecule has 0 aliphatic heterocycles. The number of aliphatic hydroxyl groups excluding tert-OH is 1. The lowest BCUT2D eigenvalue weighted by atomic mass is 10.0. The molecule has 1 unspecified atom stereocenters. The van der Waals surface area contributed by atoms with Crippen LogP contribution in [0.1, 0.15) is 17.4 Å². The van der Waals surface area contributed by atoms with Gasteiger partial charge in [0.15, 0.2) is 11.5 Å². The number of benzene rings is 3. The Hall–Kier alpha value is -4.85. The number of nitrogens with two attached hydrogens (primary N) is 1. The van der Waals surface area contributed by atoms with Crippen molar-refractivity contribution in [2.24, 2.45) is 0 Å². The molecule has 0 aliphatic carbocycles. The van der Waals surface area contributed by atoms with Crippen LogP contribution in [-0.4, -0.2) is 24.6 Å². The van der Waals surface area contributed by atoms with Crippen molar-refractivity contribution in [2.45, 2.75) is 12.8 Å². The lowest BCUT2D eigenvalue weighted by molar-refractivity contribution is 0.137. The highest BCUT2D eigenvalue weighted by Gasteiger charge is 2.17. The number of nitrogen functional groups attached to an aromatic ring is 1. The van der Waals surface area contributed by atoms with Crippen LogP contribution >= 0.6 is 0 Å². The molecule has 3 aromatic heterocycles. The zero-order valence-electron chi connectivity index (χ0n) is 20.6. The fraction of sp³-hybridized carbons (Fsp3) is 0.0645. The molecule has 3 aromatic carbocycles. The van der Waals surface area contributed by atoms with Crippen LogP contribution in [0.3, 0.4) is 0 Å². The SMILES string of the molecule is Nc1ncccc1-c1nc2cccnc2n1-c1ccc(CNC(O)c2ccc(-c3ccccc3)cc2)cc1. The van der Waals surface area contributed by atoms with Crippen molar-refractivity contribution in [3.05, 3.63) is 127 Å². The molecular formula is C31H26N6O. The highest BCUT2D eigenvalue weighted by molar-refractivity contribution is 5.82. The van der Waals surface area contributed by atoms with Crippen LogP contribution in [0.4, 0.5) is 5.82 Å². The van der Waals surface area contributed by atoms with Crippen LogP contribution in [0.5, 0.6) is 0 Å². The molecule has 0 fully saturated rings. The molecule has 6 rings (SSSR count). The highest BCUT2D eigenvalue weighted by Crippen LogP contribution is 2.30. The molecule has 0 radical (unpaired) electrons. The quantitative estimate of drug-likeness (QED) is 0.251. The number of aliphatic hydroxyl groups is 1. The summed E-state index contributed by atoms with van der Waals surface area (Å²) in [7, 11) is 0. The van der Waals surface area contributed by atoms with Gasteiger partial charge in [0.1, 0.15) is 17.6 Å². The third-order valence-corrected chi connectivity index (χ3v) is 6.52. The summed E-state index contributed by atoms with van der Waals surface area (Å²) in [5.74, 6) is 1.10. The van der Waals surface area contributed by atoms with Crippen molar-refractivity contribution in [3.8, 4) is 28.2 Å². The second kappa shape index (κ2) is 10.3. The molecule has 0 amide bonds. The maximum atomic E-state index is 10.7. The molecule has 0 saturated carbocycles. The Bertz CT molecular complexity index is 1680. The van der Waals surface area contributed by atoms with Crippen LogP contribution in [0.2, 0.25) is 0 Å². The summed E-state index contributed by atoms with van der Waals surface area (Å²) in [6.45, 7) is 0.507. The van der Waals surface area contributed by atoms with Gasteiger partial charge in [0.2, 0.25) is 0 Å². The number of nitrogens with zero attached hydrogens (tertiary/aromatic N) is 4. The average Bonchev–Trinajstić information content (AvgIpc) is 3.36. The fourth-order valence-electron chi connectivity index (χ4n) is 4.53. The normalized spacial score (nSPS) is 12.0. The van der Waals surface area contributed by atoms with Gasteiger partial charge in [-0.1, -0.05) is 66.7 Å². The van der Waals surface area contributed by atoms with E-state index in [1.54, 1.807) is 12.4 Å². The largest absolute Gasteiger partial charge is 0.383 e. The van der Waals surface area contributed by atoms with Crippen LogP contribution < -0.4 is 11.1 Å². The van der Waals surface area contributed by atoms with Crippen LogP contribution in [0.15, 0.2) is 116 Å². The number of anilines is 1. The third kappa shape index (κ3) is 4.64. The summed E-state index contributed by atoms with van der Waals surface area (Å²) < 4.78 is 1.99. The van der Waals surface area contributed by atoms with Gasteiger partial charge in [-0.05, 0) is 58.7 Å². The highest BCUT2D eigenvalue weighted by atomic mass is 16.3. The minimum atomic E-state index is -0.776. The molecule has 3 heterocycles. The van der Waals surface area contributed by atoms with Gasteiger partial charge in [-0.3, -0.25) is 9.88 Å². The van der Waals surface area contributed by atoms with E-state index in [4.69, 9.17) is 10.7 Å². The van der Waals surface area contributed by atoms with E-state index in [0.717, 1.165) is 44.7 Å². The Kier molecular flexibility index (Phi) is 6.35. The van der Waals surface area contributed by atoms with Gasteiger partial charge in [0.05, 0.1) is 5.56 Å². The average molecular weight is 499 g/mol. The maximum absolute atomic E-state index is 10.7. The lowest BCUT2D eigenvalue weighted by Crippen LogP contribution is -2.20. The Morgan fingerprint density at radius 2 is 1.47 bits per heavy atom. The van der Waals surface area contributed by atoms with Gasteiger partial charge in [-0.25, -0.2) is 15.0 Å². The van der Waals surface area contributed by atoms with Gasteiger partial charge in [0.25, 0.3) is 0 Å². The molecule has 7 heteroatoms. The molecular weight excluding hydrogens is 472 g/mol. The fourth-order valence-corrected chi connectivity index (χ4v) is 4.53. The number of rotatable bonds is 7. The minimum absolute atomic E-state index is 0.413. The molecule has 7 nitrogen and oxygen atoms in total. The molecule has 0 bridgehead atoms. The molecule has 0 spiro atoms. The van der Waals surface area contributed by atoms with Crippen molar-refractivity contribution in [3.63, 3.8) is 0 Å². The number of hydrogen-bond donors (Lipinski definition) is 3. The Morgan fingerprint density at radius 1 is 0.763 bits per heavy atom. The van der Waals surface area contributed by atoms with E-state index in [1.165, 1.54) is 0 Å². The lowest BCUT2D eigenvalue weighted by Gasteiger charge is -2.15. The second-order valence-electron chi connectivity index (χ2n) is 8.99. The number of imidazole rings is 1. The predicted octanol–water partition coefficient (Wildman–Crippen LogP) is 5.51. The zero-order chi connectivity index (χ0) is 25.9. The molecule has 38 heavy (non-hydrogen) atoms. The topological polar surface area (TPSA) is 102 Å². The molecule has 0 saturated heterocycles. The first kappa shape index (κ1) is 23.5. The van der Waals surface area contributed by atoms with E-state index < -0.39 is 6.23 Å². The van der Waals surface area contributed by atoms with E-state index in [1.807, 2.05) is 95.6 Å². The van der Waals surface area contributed by atoms with Crippen molar-refractivity contribution in [1.82, 2.24) is 24.8 Å². The number of pyridine rings is 2. The summed E-state index contributed by atoms with van der Waals surface area (Å²) in [6.07, 6.45) is 2.64. The van der Waals surface area contributed by atoms with Crippen LogP contribution in [0.25, 0.3) is 39.4 Å². The van der Waals surface area contributed by atoms with Gasteiger partial charge in [-0.15, -0.1) is 0 Å². The molecule has 6 aromatic rings. The summed E-state index contributed by atoms with van der Waals surface area (Å²) in [5.41, 5.74) is 13.5. The van der Waals surface area contributed by atoms with Crippen molar-refractivity contribution < 1.29 is 5.11 Å². The molecule has 186 valence electrons. The molecule has 0 aliphatic rings. The summed E-state index contributed by atoms with van der Waals surface area (Å²) in [5, 5.41) is 13.9. The zero-order valence-corrected chi connectivity index (χ0v) is 20.6. The Labute approximate surface area is 220 Å². The van der Waals surface area contributed by atoms with E-state index in [9.17, 15) is 5.11 Å². The molecule has 4 N–H and O–H groups in total. The monoisotopic (exact) mass is 498 g/mol. The summed E-state index contributed by atoms with van der Waals surface area (Å²) in [4.78, 5) is 13.6. The number of fused-ring (bicyclic) bond motifs is 1. The van der Waals surface area contributed by atoms with Crippen molar-refractivity contribution >= 4 is 17.0 Å². The van der Waals surface area contributed by atoms with E-state index >= 15 is 0 Å². The number of hydrogen-bond acceptors (Lipinski definition) is 6. The van der Waals surface area contributed by atoms with Crippen molar-refractivity contribution in [1.29, 1.82) is 0 Å². The summed E-state index contributed by atoms with van der Waals surface area (Å²) in [6, 6.07) is 33.8. The first-order valence-electron chi connectivity index (χ1n) is 12.4. The van der Waals surface area contributed by atoms with E-state index in [0.29, 0.717) is 18.2 Å². The first-order valence-corrected chi connectivity index (χ1v) is 12.4. The van der Waals surface area contributed by atoms with Gasteiger partial charge in [-0.2, -0.15) is 0 Å². The van der Waals surface area contributed by atoms with Crippen LogP contribution in [-0.2, 0) is 6.54 Å². The van der Waals surface area contributed by atoms with Gasteiger partial charge in [0, 0.05) is 24.6 Å². The smallest absolute Gasteiger partial charge is 0.164 e. The van der Waals surface area contributed by atoms with Gasteiger partial charge < -0.3 is 10.8 Å². The molecule has 1 atom stereocenters. The predicted molar refractivity (Wildman–Crippen MR) is 150 cm³/mol. The van der Waals surface area contributed by atoms with Crippen LogP contribution in [0, 0.1) is 0 Å². The van der Waals surface area contributed by atoms with E-state index in [-0.39, 0.29) is 0 Å². The summed E-state index contributed by atoms with van der Waals surface area (Å²) >= 11 is 0. The standard InChI is InChI=1S/C31H26N6O/c32-28-26(8-4-18-33-28)29-36-27-9-5-19-34-30(27)37(29)25-16-10-21(11-17-25)20-35-31(38)24-14-12-23(13-15-24)22-6-2-1-3-7-22/h1-19,31,35,38H,20H2,(H2,32,33). The Balaban J connectivity index is 1.21. The number of aromatic nitrogens is 4. The first-order chi connectivity index (χ1) is 18.7. The van der Waals surface area contributed by atoms with Gasteiger partial charge >= 0.3 is 0 Å². The minimum Gasteiger partial charge on any atom is -0.383 e. The Morgan fingerprint density at radius 3 is 2.24 bits per heavy atom. The second-order valence-corrected chi connectivity index (χ2v) is 8.99. The maximum Gasteiger partial charge on any atom is 0.164 e. The van der Waals surface area contributed by atoms with E-state index in [2.05, 4.69) is 27.4 Å². The third-order valence-electron chi connectivity index (χ3n) is 6.52. The number of nitrogens with one attached hydrogen (secondary N) is 1.